The van der Waals surface area contributed by atoms with Crippen molar-refractivity contribution in [3.05, 3.63) is 39.1 Å². The molecule has 1 aromatic rings. The second kappa shape index (κ2) is 4.64. The van der Waals surface area contributed by atoms with Gasteiger partial charge in [-0.3, -0.25) is 0 Å². The van der Waals surface area contributed by atoms with Crippen molar-refractivity contribution in [2.24, 2.45) is 5.11 Å². The van der Waals surface area contributed by atoms with Crippen LogP contribution in [-0.4, -0.2) is 6.54 Å². The predicted octanol–water partition coefficient (Wildman–Crippen LogP) is 3.37. The molecule has 0 radical (unpaired) electrons. The van der Waals surface area contributed by atoms with E-state index in [9.17, 15) is 0 Å². The fourth-order valence-corrected chi connectivity index (χ4v) is 1.00. The van der Waals surface area contributed by atoms with E-state index in [0.717, 1.165) is 10.2 Å². The molecule has 1 aromatic heterocycles. The van der Waals surface area contributed by atoms with Crippen molar-refractivity contribution in [1.29, 1.82) is 0 Å². The molecule has 4 nitrogen and oxygen atoms in total. The zero-order chi connectivity index (χ0) is 8.81. The molecule has 12 heavy (non-hydrogen) atoms. The Kier molecular flexibility index (Phi) is 3.44. The second-order valence-electron chi connectivity index (χ2n) is 1.95. The first kappa shape index (κ1) is 8.90. The molecule has 1 rings (SSSR count). The molecule has 0 spiro atoms. The summed E-state index contributed by atoms with van der Waals surface area (Å²) >= 11 is 3.29. The van der Waals surface area contributed by atoms with Crippen molar-refractivity contribution in [1.82, 2.24) is 0 Å². The minimum absolute atomic E-state index is 0.337. The van der Waals surface area contributed by atoms with Crippen LogP contribution in [0.4, 0.5) is 0 Å². The lowest BCUT2D eigenvalue weighted by atomic mass is 10.4. The predicted molar refractivity (Wildman–Crippen MR) is 49.5 cm³/mol. The Balaban J connectivity index is 2.57. The lowest BCUT2D eigenvalue weighted by molar-refractivity contribution is 0.555. The maximum atomic E-state index is 7.97. The van der Waals surface area contributed by atoms with Crippen LogP contribution < -0.4 is 0 Å². The summed E-state index contributed by atoms with van der Waals surface area (Å²) in [5.74, 6) is 0.725. The van der Waals surface area contributed by atoms with E-state index in [1.165, 1.54) is 0 Å². The number of azide groups is 1. The van der Waals surface area contributed by atoms with E-state index in [0.29, 0.717) is 6.54 Å². The summed E-state index contributed by atoms with van der Waals surface area (Å²) in [6.45, 7) is 0.337. The molecular weight excluding hydrogens is 222 g/mol. The van der Waals surface area contributed by atoms with Gasteiger partial charge in [0.05, 0.1) is 10.7 Å². The number of rotatable bonds is 3. The van der Waals surface area contributed by atoms with E-state index >= 15 is 0 Å². The third kappa shape index (κ3) is 2.45. The van der Waals surface area contributed by atoms with Gasteiger partial charge in [0.15, 0.2) is 0 Å². The van der Waals surface area contributed by atoms with E-state index in [-0.39, 0.29) is 0 Å². The SMILES string of the molecule is [N-]=[N+]=NCC=Cc1occc1Br. The smallest absolute Gasteiger partial charge is 0.140 e. The number of furan rings is 1. The molecule has 0 N–H and O–H groups in total. The van der Waals surface area contributed by atoms with Crippen molar-refractivity contribution in [3.8, 4) is 0 Å². The summed E-state index contributed by atoms with van der Waals surface area (Å²) in [4.78, 5) is 2.61. The van der Waals surface area contributed by atoms with Gasteiger partial charge in [-0.15, -0.1) is 0 Å². The van der Waals surface area contributed by atoms with Crippen molar-refractivity contribution in [3.63, 3.8) is 0 Å². The maximum absolute atomic E-state index is 7.97. The summed E-state index contributed by atoms with van der Waals surface area (Å²) in [5.41, 5.74) is 7.97. The van der Waals surface area contributed by atoms with Gasteiger partial charge >= 0.3 is 0 Å². The highest BCUT2D eigenvalue weighted by Crippen LogP contribution is 2.18. The Hall–Kier alpha value is -1.19. The zero-order valence-electron chi connectivity index (χ0n) is 6.14. The highest BCUT2D eigenvalue weighted by atomic mass is 79.9. The summed E-state index contributed by atoms with van der Waals surface area (Å²) in [6, 6.07) is 1.80. The quantitative estimate of drug-likeness (QED) is 0.444. The molecule has 0 aromatic carbocycles. The van der Waals surface area contributed by atoms with Crippen LogP contribution in [0.3, 0.4) is 0 Å². The van der Waals surface area contributed by atoms with E-state index in [1.807, 2.05) is 0 Å². The molecule has 62 valence electrons. The molecular formula is C7H6BrN3O. The first-order valence-corrected chi connectivity index (χ1v) is 4.04. The van der Waals surface area contributed by atoms with Gasteiger partial charge in [-0.25, -0.2) is 0 Å². The number of halogens is 1. The normalized spacial score (nSPS) is 10.1. The third-order valence-corrected chi connectivity index (χ3v) is 1.82. The molecule has 0 unspecified atom stereocenters. The molecule has 1 heterocycles. The Labute approximate surface area is 77.6 Å². The van der Waals surface area contributed by atoms with Gasteiger partial charge in [0.1, 0.15) is 5.76 Å². The summed E-state index contributed by atoms with van der Waals surface area (Å²) < 4.78 is 5.96. The van der Waals surface area contributed by atoms with E-state index in [2.05, 4.69) is 26.0 Å². The lowest BCUT2D eigenvalue weighted by Crippen LogP contribution is -1.68. The average molecular weight is 228 g/mol. The highest BCUT2D eigenvalue weighted by molar-refractivity contribution is 9.10. The van der Waals surface area contributed by atoms with Crippen LogP contribution in [0, 0.1) is 0 Å². The van der Waals surface area contributed by atoms with Crippen LogP contribution >= 0.6 is 15.9 Å². The van der Waals surface area contributed by atoms with E-state index in [4.69, 9.17) is 9.95 Å². The summed E-state index contributed by atoms with van der Waals surface area (Å²) in [5, 5.41) is 3.34. The molecule has 0 aliphatic carbocycles. The zero-order valence-corrected chi connectivity index (χ0v) is 7.73. The standard InChI is InChI=1S/C7H6BrN3O/c8-6-3-5-12-7(6)2-1-4-10-11-9/h1-3,5H,4H2. The van der Waals surface area contributed by atoms with Gasteiger partial charge in [-0.1, -0.05) is 11.2 Å². The molecule has 0 amide bonds. The number of nitrogens with zero attached hydrogens (tertiary/aromatic N) is 3. The Morgan fingerprint density at radius 3 is 3.17 bits per heavy atom. The van der Waals surface area contributed by atoms with Crippen LogP contribution in [0.2, 0.25) is 0 Å². The van der Waals surface area contributed by atoms with Gasteiger partial charge in [0.2, 0.25) is 0 Å². The lowest BCUT2D eigenvalue weighted by Gasteiger charge is -1.84. The van der Waals surface area contributed by atoms with Gasteiger partial charge < -0.3 is 4.42 Å². The Bertz CT molecular complexity index is 325. The molecule has 0 saturated heterocycles. The number of hydrogen-bond donors (Lipinski definition) is 0. The minimum Gasteiger partial charge on any atom is -0.464 e. The molecule has 0 aliphatic rings. The van der Waals surface area contributed by atoms with Crippen molar-refractivity contribution in [2.45, 2.75) is 0 Å². The summed E-state index contributed by atoms with van der Waals surface area (Å²) in [6.07, 6.45) is 5.05. The first-order valence-electron chi connectivity index (χ1n) is 3.25. The maximum Gasteiger partial charge on any atom is 0.140 e. The van der Waals surface area contributed by atoms with Crippen molar-refractivity contribution < 1.29 is 4.42 Å². The summed E-state index contributed by atoms with van der Waals surface area (Å²) in [7, 11) is 0. The van der Waals surface area contributed by atoms with Gasteiger partial charge in [-0.2, -0.15) is 0 Å². The van der Waals surface area contributed by atoms with Gasteiger partial charge in [-0.05, 0) is 33.6 Å². The van der Waals surface area contributed by atoms with Crippen LogP contribution in [0.1, 0.15) is 5.76 Å². The van der Waals surface area contributed by atoms with Crippen LogP contribution in [0.25, 0.3) is 16.5 Å². The average Bonchev–Trinajstić information content (AvgIpc) is 2.46. The highest BCUT2D eigenvalue weighted by Gasteiger charge is 1.95. The Morgan fingerprint density at radius 1 is 1.75 bits per heavy atom. The van der Waals surface area contributed by atoms with Gasteiger partial charge in [0, 0.05) is 11.5 Å². The topological polar surface area (TPSA) is 61.9 Å². The first-order chi connectivity index (χ1) is 5.84. The van der Waals surface area contributed by atoms with Crippen LogP contribution in [0.15, 0.2) is 32.4 Å². The fraction of sp³-hybridized carbons (Fsp3) is 0.143. The molecule has 0 fully saturated rings. The largest absolute Gasteiger partial charge is 0.464 e. The number of hydrogen-bond acceptors (Lipinski definition) is 2. The Morgan fingerprint density at radius 2 is 2.58 bits per heavy atom. The van der Waals surface area contributed by atoms with Crippen molar-refractivity contribution >= 4 is 22.0 Å². The second-order valence-corrected chi connectivity index (χ2v) is 2.80. The van der Waals surface area contributed by atoms with Crippen LogP contribution in [0.5, 0.6) is 0 Å². The minimum atomic E-state index is 0.337. The molecule has 0 aliphatic heterocycles. The van der Waals surface area contributed by atoms with Crippen LogP contribution in [-0.2, 0) is 0 Å². The molecule has 0 atom stereocenters. The van der Waals surface area contributed by atoms with E-state index in [1.54, 1.807) is 24.5 Å². The molecule has 0 bridgehead atoms. The molecule has 5 heteroatoms. The third-order valence-electron chi connectivity index (χ3n) is 1.16. The molecule has 0 saturated carbocycles. The fourth-order valence-electron chi connectivity index (χ4n) is 0.668. The monoisotopic (exact) mass is 227 g/mol. The van der Waals surface area contributed by atoms with E-state index < -0.39 is 0 Å². The van der Waals surface area contributed by atoms with Gasteiger partial charge in [0.25, 0.3) is 0 Å². The van der Waals surface area contributed by atoms with Crippen molar-refractivity contribution in [2.75, 3.05) is 6.54 Å².